The minimum atomic E-state index is -1.53. The lowest BCUT2D eigenvalue weighted by Gasteiger charge is -2.17. The number of hydrogen-bond acceptors (Lipinski definition) is 2. The quantitative estimate of drug-likeness (QED) is 0.660. The molecule has 2 rings (SSSR count). The lowest BCUT2D eigenvalue weighted by Crippen LogP contribution is -1.96. The fourth-order valence-electron chi connectivity index (χ4n) is 2.05. The minimum Gasteiger partial charge on any atom is -0.427 e. The van der Waals surface area contributed by atoms with E-state index in [0.29, 0.717) is 0 Å². The normalized spacial score (nSPS) is 10.7. The Morgan fingerprint density at radius 3 is 1.30 bits per heavy atom. The molecule has 0 amide bonds. The summed E-state index contributed by atoms with van der Waals surface area (Å²) in [5.74, 6) is 1.61. The second-order valence-corrected chi connectivity index (χ2v) is 6.46. The molecule has 0 aliphatic carbocycles. The molecule has 0 atom stereocenters. The molecule has 0 radical (unpaired) electrons. The third kappa shape index (κ3) is 3.45. The summed E-state index contributed by atoms with van der Waals surface area (Å²) in [6.07, 6.45) is 0. The van der Waals surface area contributed by atoms with Crippen molar-refractivity contribution in [2.24, 2.45) is 0 Å². The topological polar surface area (TPSA) is 18.5 Å². The van der Waals surface area contributed by atoms with Crippen LogP contribution in [0, 0.1) is 27.7 Å². The monoisotopic (exact) mass is 308 g/mol. The molecular weight excluding hydrogens is 291 g/mol. The van der Waals surface area contributed by atoms with Crippen LogP contribution in [0.4, 0.5) is 0 Å². The van der Waals surface area contributed by atoms with Gasteiger partial charge in [0.2, 0.25) is 0 Å². The highest BCUT2D eigenvalue weighted by atomic mass is 35.7. The number of halogens is 1. The number of aryl methyl sites for hydroxylation is 4. The fraction of sp³-hybridized carbons (Fsp3) is 0.250. The average Bonchev–Trinajstić information content (AvgIpc) is 2.39. The number of hydrogen-bond donors (Lipinski definition) is 0. The maximum absolute atomic E-state index is 6.26. The van der Waals surface area contributed by atoms with Crippen molar-refractivity contribution < 1.29 is 9.05 Å². The van der Waals surface area contributed by atoms with Crippen molar-refractivity contribution >= 4 is 19.0 Å². The highest BCUT2D eigenvalue weighted by Gasteiger charge is 2.16. The van der Waals surface area contributed by atoms with Gasteiger partial charge in [-0.3, -0.25) is 0 Å². The molecule has 0 saturated heterocycles. The molecule has 0 fully saturated rings. The summed E-state index contributed by atoms with van der Waals surface area (Å²) in [7, 11) is -1.53. The second-order valence-electron chi connectivity index (χ2n) is 4.84. The zero-order valence-corrected chi connectivity index (χ0v) is 13.8. The van der Waals surface area contributed by atoms with Crippen LogP contribution < -0.4 is 9.05 Å². The standard InChI is InChI=1S/C16H18ClO2P/c1-11-7-5-8-12(2)15(11)18-20(17)19-16-13(3)9-6-10-14(16)4/h5-10H,1-4H3. The molecule has 0 N–H and O–H groups in total. The molecule has 0 aromatic heterocycles. The van der Waals surface area contributed by atoms with Gasteiger partial charge in [0.05, 0.1) is 0 Å². The first-order chi connectivity index (χ1) is 9.49. The summed E-state index contributed by atoms with van der Waals surface area (Å²) >= 11 is 6.26. The Bertz CT molecular complexity index is 519. The number of rotatable bonds is 4. The number of benzene rings is 2. The Labute approximate surface area is 126 Å². The predicted molar refractivity (Wildman–Crippen MR) is 85.9 cm³/mol. The Hall–Kier alpha value is -1.24. The molecule has 2 nitrogen and oxygen atoms in total. The van der Waals surface area contributed by atoms with Gasteiger partial charge in [-0.2, -0.15) is 0 Å². The van der Waals surface area contributed by atoms with E-state index in [2.05, 4.69) is 0 Å². The molecular formula is C16H18ClO2P. The zero-order valence-electron chi connectivity index (χ0n) is 12.1. The van der Waals surface area contributed by atoms with Crippen LogP contribution in [0.15, 0.2) is 36.4 Å². The van der Waals surface area contributed by atoms with E-state index >= 15 is 0 Å². The first kappa shape index (κ1) is 15.2. The van der Waals surface area contributed by atoms with Gasteiger partial charge in [0.15, 0.2) is 0 Å². The van der Waals surface area contributed by atoms with Crippen LogP contribution in [0.5, 0.6) is 11.5 Å². The summed E-state index contributed by atoms with van der Waals surface area (Å²) in [6, 6.07) is 12.0. The summed E-state index contributed by atoms with van der Waals surface area (Å²) < 4.78 is 11.6. The lowest BCUT2D eigenvalue weighted by molar-refractivity contribution is 0.499. The molecule has 0 unspecified atom stereocenters. The molecule has 0 spiro atoms. The smallest absolute Gasteiger partial charge is 0.401 e. The first-order valence-electron chi connectivity index (χ1n) is 6.43. The van der Waals surface area contributed by atoms with Gasteiger partial charge < -0.3 is 9.05 Å². The van der Waals surface area contributed by atoms with E-state index in [1.54, 1.807) is 0 Å². The Kier molecular flexibility index (Phi) is 4.91. The van der Waals surface area contributed by atoms with E-state index in [1.807, 2.05) is 64.1 Å². The molecule has 0 heterocycles. The molecule has 2 aromatic carbocycles. The molecule has 4 heteroatoms. The molecule has 2 aromatic rings. The van der Waals surface area contributed by atoms with Crippen molar-refractivity contribution in [2.75, 3.05) is 0 Å². The molecule has 0 aliphatic rings. The van der Waals surface area contributed by atoms with Crippen LogP contribution in [0.1, 0.15) is 22.3 Å². The van der Waals surface area contributed by atoms with Crippen molar-refractivity contribution in [1.29, 1.82) is 0 Å². The van der Waals surface area contributed by atoms with Crippen LogP contribution >= 0.6 is 19.0 Å². The van der Waals surface area contributed by atoms with Crippen LogP contribution in [-0.2, 0) is 0 Å². The largest absolute Gasteiger partial charge is 0.427 e. The van der Waals surface area contributed by atoms with Gasteiger partial charge >= 0.3 is 7.73 Å². The predicted octanol–water partition coefficient (Wildman–Crippen LogP) is 5.84. The van der Waals surface area contributed by atoms with E-state index in [9.17, 15) is 0 Å². The minimum absolute atomic E-state index is 0.805. The van der Waals surface area contributed by atoms with Crippen LogP contribution in [0.25, 0.3) is 0 Å². The Morgan fingerprint density at radius 1 is 0.700 bits per heavy atom. The van der Waals surface area contributed by atoms with Gasteiger partial charge in [-0.25, -0.2) is 0 Å². The van der Waals surface area contributed by atoms with Gasteiger partial charge in [-0.05, 0) is 61.2 Å². The summed E-state index contributed by atoms with van der Waals surface area (Å²) in [4.78, 5) is 0. The van der Waals surface area contributed by atoms with Gasteiger partial charge in [0.1, 0.15) is 11.5 Å². The molecule has 20 heavy (non-hydrogen) atoms. The van der Waals surface area contributed by atoms with E-state index in [4.69, 9.17) is 20.3 Å². The van der Waals surface area contributed by atoms with Gasteiger partial charge in [0, 0.05) is 0 Å². The Balaban J connectivity index is 2.15. The zero-order chi connectivity index (χ0) is 14.7. The van der Waals surface area contributed by atoms with Crippen molar-refractivity contribution in [1.82, 2.24) is 0 Å². The van der Waals surface area contributed by atoms with Crippen LogP contribution in [-0.4, -0.2) is 0 Å². The van der Waals surface area contributed by atoms with Crippen molar-refractivity contribution in [3.8, 4) is 11.5 Å². The molecule has 0 saturated carbocycles. The highest BCUT2D eigenvalue weighted by molar-refractivity contribution is 7.76. The van der Waals surface area contributed by atoms with E-state index in [1.165, 1.54) is 0 Å². The fourth-order valence-corrected chi connectivity index (χ4v) is 3.36. The van der Waals surface area contributed by atoms with Gasteiger partial charge in [0.25, 0.3) is 0 Å². The summed E-state index contributed by atoms with van der Waals surface area (Å²) in [5.41, 5.74) is 4.23. The maximum atomic E-state index is 6.26. The van der Waals surface area contributed by atoms with E-state index in [-0.39, 0.29) is 0 Å². The Morgan fingerprint density at radius 2 is 1.00 bits per heavy atom. The number of para-hydroxylation sites is 2. The molecule has 106 valence electrons. The van der Waals surface area contributed by atoms with E-state index in [0.717, 1.165) is 33.8 Å². The van der Waals surface area contributed by atoms with Gasteiger partial charge in [-0.1, -0.05) is 36.4 Å². The maximum Gasteiger partial charge on any atom is 0.401 e. The molecule has 0 aliphatic heterocycles. The third-order valence-corrected chi connectivity index (χ3v) is 4.21. The molecule has 0 bridgehead atoms. The second kappa shape index (κ2) is 6.47. The first-order valence-corrected chi connectivity index (χ1v) is 8.51. The van der Waals surface area contributed by atoms with Crippen LogP contribution in [0.3, 0.4) is 0 Å². The van der Waals surface area contributed by atoms with Crippen molar-refractivity contribution in [3.63, 3.8) is 0 Å². The third-order valence-electron chi connectivity index (χ3n) is 3.14. The van der Waals surface area contributed by atoms with E-state index < -0.39 is 7.73 Å². The van der Waals surface area contributed by atoms with Crippen LogP contribution in [0.2, 0.25) is 0 Å². The average molecular weight is 309 g/mol. The summed E-state index contributed by atoms with van der Waals surface area (Å²) in [6.45, 7) is 8.01. The summed E-state index contributed by atoms with van der Waals surface area (Å²) in [5, 5.41) is 0. The van der Waals surface area contributed by atoms with Crippen molar-refractivity contribution in [3.05, 3.63) is 58.7 Å². The van der Waals surface area contributed by atoms with Gasteiger partial charge in [-0.15, -0.1) is 0 Å². The van der Waals surface area contributed by atoms with Crippen molar-refractivity contribution in [2.45, 2.75) is 27.7 Å². The SMILES string of the molecule is Cc1cccc(C)c1OP(Cl)Oc1c(C)cccc1C. The highest BCUT2D eigenvalue weighted by Crippen LogP contribution is 2.47. The lowest BCUT2D eigenvalue weighted by atomic mass is 10.1.